The lowest BCUT2D eigenvalue weighted by Gasteiger charge is -2.34. The largest absolute Gasteiger partial charge is 0.450 e. The number of ether oxygens (including phenoxy) is 1. The highest BCUT2D eigenvalue weighted by Gasteiger charge is 2.48. The van der Waals surface area contributed by atoms with Gasteiger partial charge in [0.05, 0.1) is 0 Å². The van der Waals surface area contributed by atoms with E-state index in [2.05, 4.69) is 0 Å². The molecule has 1 heterocycles. The van der Waals surface area contributed by atoms with Crippen LogP contribution in [0.25, 0.3) is 0 Å². The van der Waals surface area contributed by atoms with Gasteiger partial charge in [0.1, 0.15) is 17.2 Å². The van der Waals surface area contributed by atoms with Gasteiger partial charge in [-0.2, -0.15) is 5.26 Å². The second-order valence-electron chi connectivity index (χ2n) is 6.56. The van der Waals surface area contributed by atoms with Crippen molar-refractivity contribution >= 4 is 11.8 Å². The van der Waals surface area contributed by atoms with E-state index in [1.54, 1.807) is 26.0 Å². The standard InChI is InChI=1S/C22H19NO3/c1-15-18(14-23)21(25)26-22(15,2)19(16-9-5-3-6-10-16)13-20(24)17-11-7-4-8-12-17/h3-12,19H,13H2,1-2H3/t19-,22-/m1/s1. The molecule has 26 heavy (non-hydrogen) atoms. The highest BCUT2D eigenvalue weighted by Crippen LogP contribution is 2.45. The maximum atomic E-state index is 12.8. The van der Waals surface area contributed by atoms with Crippen LogP contribution in [-0.2, 0) is 9.53 Å². The lowest BCUT2D eigenvalue weighted by atomic mass is 9.75. The SMILES string of the molecule is CC1=C(C#N)C(=O)O[C@@]1(C)[C@H](CC(=O)c1ccccc1)c1ccccc1. The first-order valence-electron chi connectivity index (χ1n) is 8.45. The van der Waals surface area contributed by atoms with Gasteiger partial charge < -0.3 is 4.74 Å². The predicted octanol–water partition coefficient (Wildman–Crippen LogP) is 4.20. The Morgan fingerprint density at radius 1 is 1.12 bits per heavy atom. The first-order chi connectivity index (χ1) is 12.5. The van der Waals surface area contributed by atoms with Crippen molar-refractivity contribution < 1.29 is 14.3 Å². The Morgan fingerprint density at radius 3 is 2.23 bits per heavy atom. The van der Waals surface area contributed by atoms with Gasteiger partial charge in [0.15, 0.2) is 5.78 Å². The lowest BCUT2D eigenvalue weighted by Crippen LogP contribution is -2.36. The molecule has 0 radical (unpaired) electrons. The third-order valence-electron chi connectivity index (χ3n) is 5.09. The van der Waals surface area contributed by atoms with Gasteiger partial charge in [-0.05, 0) is 25.0 Å². The first kappa shape index (κ1) is 17.6. The van der Waals surface area contributed by atoms with Crippen molar-refractivity contribution in [1.29, 1.82) is 5.26 Å². The molecule has 130 valence electrons. The Hall–Kier alpha value is -3.19. The molecule has 0 unspecified atom stereocenters. The summed E-state index contributed by atoms with van der Waals surface area (Å²) >= 11 is 0. The molecule has 1 aliphatic heterocycles. The number of benzene rings is 2. The zero-order valence-corrected chi connectivity index (χ0v) is 14.7. The van der Waals surface area contributed by atoms with E-state index in [1.165, 1.54) is 0 Å². The zero-order valence-electron chi connectivity index (χ0n) is 14.7. The fourth-order valence-electron chi connectivity index (χ4n) is 3.43. The zero-order chi connectivity index (χ0) is 18.7. The summed E-state index contributed by atoms with van der Waals surface area (Å²) in [5.74, 6) is -1.04. The van der Waals surface area contributed by atoms with Gasteiger partial charge in [-0.3, -0.25) is 4.79 Å². The summed E-state index contributed by atoms with van der Waals surface area (Å²) in [5.41, 5.74) is 1.07. The minimum atomic E-state index is -1.03. The molecular formula is C22H19NO3. The average molecular weight is 345 g/mol. The van der Waals surface area contributed by atoms with Crippen LogP contribution in [0.15, 0.2) is 71.8 Å². The topological polar surface area (TPSA) is 67.2 Å². The van der Waals surface area contributed by atoms with Gasteiger partial charge in [0, 0.05) is 17.9 Å². The number of carbonyl (C=O) groups excluding carboxylic acids is 2. The third kappa shape index (κ3) is 3.04. The van der Waals surface area contributed by atoms with Crippen molar-refractivity contribution in [3.8, 4) is 6.07 Å². The number of esters is 1. The van der Waals surface area contributed by atoms with Gasteiger partial charge in [-0.1, -0.05) is 60.7 Å². The van der Waals surface area contributed by atoms with E-state index in [-0.39, 0.29) is 23.7 Å². The Morgan fingerprint density at radius 2 is 1.69 bits per heavy atom. The average Bonchev–Trinajstić information content (AvgIpc) is 2.89. The monoisotopic (exact) mass is 345 g/mol. The van der Waals surface area contributed by atoms with Crippen LogP contribution >= 0.6 is 0 Å². The first-order valence-corrected chi connectivity index (χ1v) is 8.45. The molecule has 4 nitrogen and oxygen atoms in total. The van der Waals surface area contributed by atoms with Crippen molar-refractivity contribution in [1.82, 2.24) is 0 Å². The van der Waals surface area contributed by atoms with Gasteiger partial charge in [0.25, 0.3) is 0 Å². The van der Waals surface area contributed by atoms with Crippen LogP contribution in [0.1, 0.15) is 42.1 Å². The molecule has 0 saturated carbocycles. The lowest BCUT2D eigenvalue weighted by molar-refractivity contribution is -0.147. The molecule has 0 aliphatic carbocycles. The molecule has 2 aromatic rings. The molecule has 0 saturated heterocycles. The Balaban J connectivity index is 2.03. The molecule has 0 N–H and O–H groups in total. The van der Waals surface area contributed by atoms with E-state index in [4.69, 9.17) is 4.74 Å². The Bertz CT molecular complexity index is 909. The summed E-state index contributed by atoms with van der Waals surface area (Å²) in [4.78, 5) is 25.0. The van der Waals surface area contributed by atoms with Crippen molar-refractivity contribution in [2.45, 2.75) is 31.8 Å². The molecule has 2 aromatic carbocycles. The number of hydrogen-bond donors (Lipinski definition) is 0. The van der Waals surface area contributed by atoms with Crippen LogP contribution in [0.2, 0.25) is 0 Å². The van der Waals surface area contributed by atoms with Crippen LogP contribution < -0.4 is 0 Å². The highest BCUT2D eigenvalue weighted by molar-refractivity contribution is 5.98. The Labute approximate surface area is 152 Å². The van der Waals surface area contributed by atoms with Gasteiger partial charge in [-0.15, -0.1) is 0 Å². The van der Waals surface area contributed by atoms with Crippen LogP contribution in [0, 0.1) is 11.3 Å². The smallest absolute Gasteiger partial charge is 0.349 e. The summed E-state index contributed by atoms with van der Waals surface area (Å²) in [7, 11) is 0. The van der Waals surface area contributed by atoms with E-state index >= 15 is 0 Å². The van der Waals surface area contributed by atoms with Crippen LogP contribution in [-0.4, -0.2) is 17.4 Å². The second kappa shape index (κ2) is 6.97. The number of rotatable bonds is 5. The van der Waals surface area contributed by atoms with Crippen LogP contribution in [0.5, 0.6) is 0 Å². The fraction of sp³-hybridized carbons (Fsp3) is 0.227. The molecule has 0 aromatic heterocycles. The summed E-state index contributed by atoms with van der Waals surface area (Å²) < 4.78 is 5.63. The molecule has 0 spiro atoms. The molecule has 0 bridgehead atoms. The maximum Gasteiger partial charge on any atom is 0.349 e. The number of ketones is 1. The second-order valence-corrected chi connectivity index (χ2v) is 6.56. The Kier molecular flexibility index (Phi) is 4.73. The summed E-state index contributed by atoms with van der Waals surface area (Å²) in [6, 6.07) is 20.5. The van der Waals surface area contributed by atoms with Crippen molar-refractivity contribution in [3.63, 3.8) is 0 Å². The number of nitrogens with zero attached hydrogens (tertiary/aromatic N) is 1. The highest BCUT2D eigenvalue weighted by atomic mass is 16.6. The molecule has 0 amide bonds. The van der Waals surface area contributed by atoms with E-state index in [0.29, 0.717) is 11.1 Å². The van der Waals surface area contributed by atoms with Crippen LogP contribution in [0.4, 0.5) is 0 Å². The van der Waals surface area contributed by atoms with E-state index < -0.39 is 11.6 Å². The summed E-state index contributed by atoms with van der Waals surface area (Å²) in [6.45, 7) is 3.51. The summed E-state index contributed by atoms with van der Waals surface area (Å²) in [6.07, 6.45) is 0.174. The number of nitriles is 1. The van der Waals surface area contributed by atoms with E-state index in [9.17, 15) is 14.9 Å². The predicted molar refractivity (Wildman–Crippen MR) is 97.4 cm³/mol. The number of hydrogen-bond acceptors (Lipinski definition) is 4. The minimum Gasteiger partial charge on any atom is -0.450 e. The van der Waals surface area contributed by atoms with E-state index in [1.807, 2.05) is 54.6 Å². The number of Topliss-reactive ketones (excluding diaryl/α,β-unsaturated/α-hetero) is 1. The summed E-state index contributed by atoms with van der Waals surface area (Å²) in [5, 5.41) is 9.28. The molecule has 3 rings (SSSR count). The normalized spacial score (nSPS) is 20.4. The van der Waals surface area contributed by atoms with Crippen molar-refractivity contribution in [2.75, 3.05) is 0 Å². The quantitative estimate of drug-likeness (QED) is 0.602. The molecule has 0 fully saturated rings. The van der Waals surface area contributed by atoms with Crippen LogP contribution in [0.3, 0.4) is 0 Å². The maximum absolute atomic E-state index is 12.8. The van der Waals surface area contributed by atoms with Gasteiger partial charge in [-0.25, -0.2) is 4.79 Å². The third-order valence-corrected chi connectivity index (χ3v) is 5.09. The molecule has 2 atom stereocenters. The van der Waals surface area contributed by atoms with Crippen molar-refractivity contribution in [3.05, 3.63) is 82.9 Å². The number of carbonyl (C=O) groups is 2. The molecule has 1 aliphatic rings. The van der Waals surface area contributed by atoms with Crippen molar-refractivity contribution in [2.24, 2.45) is 0 Å². The van der Waals surface area contributed by atoms with Gasteiger partial charge >= 0.3 is 5.97 Å². The molecule has 4 heteroatoms. The van der Waals surface area contributed by atoms with E-state index in [0.717, 1.165) is 5.56 Å². The fourth-order valence-corrected chi connectivity index (χ4v) is 3.43. The number of cyclic esters (lactones) is 1. The molecular weight excluding hydrogens is 326 g/mol. The minimum absolute atomic E-state index is 0.0283. The van der Waals surface area contributed by atoms with Gasteiger partial charge in [0.2, 0.25) is 0 Å².